The van der Waals surface area contributed by atoms with Crippen molar-refractivity contribution in [3.63, 3.8) is 0 Å². The molecule has 3 rings (SSSR count). The van der Waals surface area contributed by atoms with Crippen LogP contribution in [-0.4, -0.2) is 42.3 Å². The number of likely N-dealkylation sites (tertiary alicyclic amines) is 1. The molecule has 2 aromatic rings. The maximum Gasteiger partial charge on any atom is 0.141 e. The molecule has 1 aliphatic rings. The lowest BCUT2D eigenvalue weighted by atomic mass is 9.93. The van der Waals surface area contributed by atoms with E-state index in [4.69, 9.17) is 0 Å². The predicted octanol–water partition coefficient (Wildman–Crippen LogP) is 2.31. The van der Waals surface area contributed by atoms with Gasteiger partial charge in [0.25, 0.3) is 0 Å². The molecule has 0 spiro atoms. The highest BCUT2D eigenvalue weighted by atomic mass is 15.4. The second-order valence-corrected chi connectivity index (χ2v) is 7.34. The highest BCUT2D eigenvalue weighted by Crippen LogP contribution is 2.28. The third kappa shape index (κ3) is 3.06. The average Bonchev–Trinajstić information content (AvgIpc) is 3.11. The number of piperidine rings is 1. The third-order valence-electron chi connectivity index (χ3n) is 4.53. The van der Waals surface area contributed by atoms with Crippen molar-refractivity contribution < 1.29 is 0 Å². The first kappa shape index (κ1) is 15.2. The fourth-order valence-corrected chi connectivity index (χ4v) is 3.25. The Kier molecular flexibility index (Phi) is 4.04. The van der Waals surface area contributed by atoms with Crippen LogP contribution in [0.4, 0.5) is 0 Å². The molecule has 0 unspecified atom stereocenters. The van der Waals surface area contributed by atoms with E-state index in [2.05, 4.69) is 58.4 Å². The first-order chi connectivity index (χ1) is 10.4. The number of imidazole rings is 1. The summed E-state index contributed by atoms with van der Waals surface area (Å²) in [5.41, 5.74) is -0.0291. The smallest absolute Gasteiger partial charge is 0.141 e. The molecular formula is C16H26N6. The second-order valence-electron chi connectivity index (χ2n) is 7.34. The van der Waals surface area contributed by atoms with Crippen molar-refractivity contribution in [3.05, 3.63) is 30.9 Å². The van der Waals surface area contributed by atoms with Crippen molar-refractivity contribution in [2.45, 2.75) is 52.2 Å². The number of hydrogen-bond acceptors (Lipinski definition) is 4. The van der Waals surface area contributed by atoms with Crippen LogP contribution in [0.25, 0.3) is 0 Å². The SMILES string of the molecule is C[C@@H]1CCN(Cc2ncnn2C(C)(C)C)C[C@H]1n1ccnc1. The summed E-state index contributed by atoms with van der Waals surface area (Å²) in [4.78, 5) is 11.2. The van der Waals surface area contributed by atoms with E-state index in [-0.39, 0.29) is 5.54 Å². The molecule has 3 heterocycles. The molecule has 1 fully saturated rings. The van der Waals surface area contributed by atoms with Crippen LogP contribution in [-0.2, 0) is 12.1 Å². The van der Waals surface area contributed by atoms with E-state index in [1.807, 2.05) is 17.2 Å². The molecule has 2 atom stereocenters. The summed E-state index contributed by atoms with van der Waals surface area (Å²) >= 11 is 0. The summed E-state index contributed by atoms with van der Waals surface area (Å²) in [6, 6.07) is 0.488. The van der Waals surface area contributed by atoms with Gasteiger partial charge in [-0.2, -0.15) is 5.10 Å². The monoisotopic (exact) mass is 302 g/mol. The Morgan fingerprint density at radius 3 is 2.82 bits per heavy atom. The molecular weight excluding hydrogens is 276 g/mol. The van der Waals surface area contributed by atoms with E-state index < -0.39 is 0 Å². The normalized spacial score (nSPS) is 23.8. The Labute approximate surface area is 132 Å². The molecule has 0 aliphatic carbocycles. The van der Waals surface area contributed by atoms with Crippen LogP contribution in [0.1, 0.15) is 46.0 Å². The maximum absolute atomic E-state index is 4.47. The van der Waals surface area contributed by atoms with Gasteiger partial charge in [0, 0.05) is 25.0 Å². The molecule has 0 saturated carbocycles. The summed E-state index contributed by atoms with van der Waals surface area (Å²) in [6.45, 7) is 11.8. The zero-order chi connectivity index (χ0) is 15.7. The van der Waals surface area contributed by atoms with Gasteiger partial charge < -0.3 is 4.57 Å². The van der Waals surface area contributed by atoms with Crippen molar-refractivity contribution >= 4 is 0 Å². The number of aromatic nitrogens is 5. The van der Waals surface area contributed by atoms with Gasteiger partial charge >= 0.3 is 0 Å². The lowest BCUT2D eigenvalue weighted by Gasteiger charge is -2.37. The summed E-state index contributed by atoms with van der Waals surface area (Å²) < 4.78 is 4.28. The summed E-state index contributed by atoms with van der Waals surface area (Å²) in [5, 5.41) is 4.40. The fraction of sp³-hybridized carbons (Fsp3) is 0.688. The largest absolute Gasteiger partial charge is 0.333 e. The van der Waals surface area contributed by atoms with E-state index in [9.17, 15) is 0 Å². The first-order valence-electron chi connectivity index (χ1n) is 8.04. The Morgan fingerprint density at radius 1 is 1.32 bits per heavy atom. The Hall–Kier alpha value is -1.69. The average molecular weight is 302 g/mol. The molecule has 2 aromatic heterocycles. The van der Waals surface area contributed by atoms with Gasteiger partial charge in [-0.15, -0.1) is 0 Å². The molecule has 22 heavy (non-hydrogen) atoms. The quantitative estimate of drug-likeness (QED) is 0.873. The molecule has 6 nitrogen and oxygen atoms in total. The molecule has 0 amide bonds. The van der Waals surface area contributed by atoms with E-state index in [1.54, 1.807) is 6.33 Å². The second kappa shape index (κ2) is 5.83. The molecule has 0 radical (unpaired) electrons. The van der Waals surface area contributed by atoms with Gasteiger partial charge in [-0.25, -0.2) is 14.6 Å². The van der Waals surface area contributed by atoms with Gasteiger partial charge in [-0.05, 0) is 39.7 Å². The molecule has 0 bridgehead atoms. The molecule has 1 aliphatic heterocycles. The van der Waals surface area contributed by atoms with Crippen LogP contribution in [0, 0.1) is 5.92 Å². The number of nitrogens with zero attached hydrogens (tertiary/aromatic N) is 6. The van der Waals surface area contributed by atoms with Gasteiger partial charge in [0.1, 0.15) is 12.2 Å². The number of hydrogen-bond donors (Lipinski definition) is 0. The maximum atomic E-state index is 4.47. The molecule has 0 N–H and O–H groups in total. The van der Waals surface area contributed by atoms with E-state index >= 15 is 0 Å². The van der Waals surface area contributed by atoms with Crippen LogP contribution in [0.5, 0.6) is 0 Å². The third-order valence-corrected chi connectivity index (χ3v) is 4.53. The first-order valence-corrected chi connectivity index (χ1v) is 8.04. The van der Waals surface area contributed by atoms with Crippen molar-refractivity contribution in [1.29, 1.82) is 0 Å². The van der Waals surface area contributed by atoms with Gasteiger partial charge in [-0.3, -0.25) is 4.90 Å². The lowest BCUT2D eigenvalue weighted by Crippen LogP contribution is -2.41. The lowest BCUT2D eigenvalue weighted by molar-refractivity contribution is 0.120. The number of rotatable bonds is 3. The molecule has 120 valence electrons. The Bertz CT molecular complexity index is 594. The van der Waals surface area contributed by atoms with Crippen LogP contribution in [0.15, 0.2) is 25.0 Å². The van der Waals surface area contributed by atoms with Gasteiger partial charge in [0.2, 0.25) is 0 Å². The van der Waals surface area contributed by atoms with E-state index in [1.165, 1.54) is 6.42 Å². The minimum Gasteiger partial charge on any atom is -0.333 e. The zero-order valence-corrected chi connectivity index (χ0v) is 14.0. The summed E-state index contributed by atoms with van der Waals surface area (Å²) in [5.74, 6) is 1.72. The van der Waals surface area contributed by atoms with Crippen LogP contribution >= 0.6 is 0 Å². The van der Waals surface area contributed by atoms with E-state index in [0.29, 0.717) is 12.0 Å². The molecule has 1 saturated heterocycles. The summed E-state index contributed by atoms with van der Waals surface area (Å²) in [7, 11) is 0. The van der Waals surface area contributed by atoms with Gasteiger partial charge in [-0.1, -0.05) is 6.92 Å². The Balaban J connectivity index is 1.73. The van der Waals surface area contributed by atoms with Gasteiger partial charge in [0.15, 0.2) is 0 Å². The van der Waals surface area contributed by atoms with Crippen LogP contribution in [0.3, 0.4) is 0 Å². The Morgan fingerprint density at radius 2 is 2.14 bits per heavy atom. The predicted molar refractivity (Wildman–Crippen MR) is 85.3 cm³/mol. The topological polar surface area (TPSA) is 51.8 Å². The summed E-state index contributed by atoms with van der Waals surface area (Å²) in [6.07, 6.45) is 8.74. The van der Waals surface area contributed by atoms with Crippen molar-refractivity contribution in [2.24, 2.45) is 5.92 Å². The minimum absolute atomic E-state index is 0.0291. The fourth-order valence-electron chi connectivity index (χ4n) is 3.25. The minimum atomic E-state index is -0.0291. The molecule has 6 heteroatoms. The molecule has 0 aromatic carbocycles. The van der Waals surface area contributed by atoms with Crippen LogP contribution < -0.4 is 0 Å². The highest BCUT2D eigenvalue weighted by Gasteiger charge is 2.29. The standard InChI is InChI=1S/C16H26N6/c1-13-5-7-20(9-14(13)21-8-6-17-12-21)10-15-18-11-19-22(15)16(2,3)4/h6,8,11-14H,5,7,9-10H2,1-4H3/t13-,14-/m1/s1. The van der Waals surface area contributed by atoms with Gasteiger partial charge in [0.05, 0.1) is 18.4 Å². The van der Waals surface area contributed by atoms with E-state index in [0.717, 1.165) is 25.5 Å². The van der Waals surface area contributed by atoms with Crippen LogP contribution in [0.2, 0.25) is 0 Å². The van der Waals surface area contributed by atoms with Crippen molar-refractivity contribution in [1.82, 2.24) is 29.2 Å². The zero-order valence-electron chi connectivity index (χ0n) is 14.0. The van der Waals surface area contributed by atoms with Crippen molar-refractivity contribution in [3.8, 4) is 0 Å². The highest BCUT2D eigenvalue weighted by molar-refractivity contribution is 4.93. The van der Waals surface area contributed by atoms with Crippen molar-refractivity contribution in [2.75, 3.05) is 13.1 Å².